The molecule has 0 spiro atoms. The number of hydrogen-bond donors (Lipinski definition) is 1. The van der Waals surface area contributed by atoms with Crippen LogP contribution < -0.4 is 5.32 Å². The molecule has 0 atom stereocenters. The van der Waals surface area contributed by atoms with Gasteiger partial charge in [0.1, 0.15) is 0 Å². The maximum Gasteiger partial charge on any atom is 0.0664 e. The maximum atomic E-state index is 6.07. The van der Waals surface area contributed by atoms with Crippen molar-refractivity contribution < 1.29 is 0 Å². The van der Waals surface area contributed by atoms with Crippen molar-refractivity contribution >= 4 is 29.3 Å². The SMILES string of the molecule is Clc1cccc(C=CCCNC2CC2)c1Cl. The van der Waals surface area contributed by atoms with E-state index in [2.05, 4.69) is 11.4 Å². The average Bonchev–Trinajstić information content (AvgIpc) is 3.07. The third kappa shape index (κ3) is 3.51. The molecule has 0 amide bonds. The summed E-state index contributed by atoms with van der Waals surface area (Å²) in [5.74, 6) is 0. The molecule has 0 aliphatic heterocycles. The normalized spacial score (nSPS) is 15.9. The van der Waals surface area contributed by atoms with E-state index in [1.165, 1.54) is 12.8 Å². The second-order valence-electron chi connectivity index (χ2n) is 4.06. The number of benzene rings is 1. The van der Waals surface area contributed by atoms with E-state index < -0.39 is 0 Å². The van der Waals surface area contributed by atoms with Gasteiger partial charge in [-0.15, -0.1) is 0 Å². The average molecular weight is 256 g/mol. The third-order valence-electron chi connectivity index (χ3n) is 2.60. The molecule has 1 fully saturated rings. The Bertz CT molecular complexity index is 384. The molecule has 0 unspecified atom stereocenters. The standard InChI is InChI=1S/C13H15Cl2N/c14-12-6-3-5-10(13(12)15)4-1-2-9-16-11-7-8-11/h1,3-6,11,16H,2,7-9H2. The van der Waals surface area contributed by atoms with Crippen molar-refractivity contribution in [2.75, 3.05) is 6.54 Å². The minimum absolute atomic E-state index is 0.611. The Labute approximate surface area is 106 Å². The molecule has 1 nitrogen and oxygen atoms in total. The largest absolute Gasteiger partial charge is 0.314 e. The highest BCUT2D eigenvalue weighted by Gasteiger charge is 2.19. The molecule has 3 heteroatoms. The summed E-state index contributed by atoms with van der Waals surface area (Å²) >= 11 is 12.0. The van der Waals surface area contributed by atoms with E-state index in [-0.39, 0.29) is 0 Å². The summed E-state index contributed by atoms with van der Waals surface area (Å²) in [7, 11) is 0. The summed E-state index contributed by atoms with van der Waals surface area (Å²) in [6, 6.07) is 6.47. The van der Waals surface area contributed by atoms with Crippen molar-refractivity contribution in [2.45, 2.75) is 25.3 Å². The fourth-order valence-electron chi connectivity index (χ4n) is 1.52. The fourth-order valence-corrected chi connectivity index (χ4v) is 1.89. The van der Waals surface area contributed by atoms with Gasteiger partial charge >= 0.3 is 0 Å². The highest BCUT2D eigenvalue weighted by atomic mass is 35.5. The molecule has 1 aromatic carbocycles. The smallest absolute Gasteiger partial charge is 0.0664 e. The minimum Gasteiger partial charge on any atom is -0.314 e. The Morgan fingerprint density at radius 3 is 2.88 bits per heavy atom. The van der Waals surface area contributed by atoms with Gasteiger partial charge in [-0.25, -0.2) is 0 Å². The lowest BCUT2D eigenvalue weighted by molar-refractivity contribution is 0.691. The van der Waals surface area contributed by atoms with E-state index in [4.69, 9.17) is 23.2 Å². The second kappa shape index (κ2) is 5.72. The Kier molecular flexibility index (Phi) is 4.28. The molecule has 0 aromatic heterocycles. The molecule has 1 aliphatic rings. The fraction of sp³-hybridized carbons (Fsp3) is 0.385. The first-order valence-corrected chi connectivity index (χ1v) is 6.37. The lowest BCUT2D eigenvalue weighted by atomic mass is 10.2. The Morgan fingerprint density at radius 2 is 2.12 bits per heavy atom. The summed E-state index contributed by atoms with van der Waals surface area (Å²) in [4.78, 5) is 0. The van der Waals surface area contributed by atoms with Gasteiger partial charge in [0.25, 0.3) is 0 Å². The topological polar surface area (TPSA) is 12.0 Å². The van der Waals surface area contributed by atoms with Crippen LogP contribution in [-0.4, -0.2) is 12.6 Å². The number of nitrogens with one attached hydrogen (secondary N) is 1. The van der Waals surface area contributed by atoms with Gasteiger partial charge in [0, 0.05) is 6.04 Å². The summed E-state index contributed by atoms with van der Waals surface area (Å²) < 4.78 is 0. The molecule has 1 aromatic rings. The first-order valence-electron chi connectivity index (χ1n) is 5.61. The van der Waals surface area contributed by atoms with Crippen LogP contribution >= 0.6 is 23.2 Å². The van der Waals surface area contributed by atoms with Gasteiger partial charge < -0.3 is 5.32 Å². The van der Waals surface area contributed by atoms with Gasteiger partial charge in [-0.3, -0.25) is 0 Å². The molecule has 0 radical (unpaired) electrons. The number of rotatable bonds is 5. The zero-order chi connectivity index (χ0) is 11.4. The summed E-state index contributed by atoms with van der Waals surface area (Å²) in [5, 5.41) is 4.70. The van der Waals surface area contributed by atoms with E-state index in [0.29, 0.717) is 10.0 Å². The highest BCUT2D eigenvalue weighted by molar-refractivity contribution is 6.42. The van der Waals surface area contributed by atoms with Crippen LogP contribution in [0, 0.1) is 0 Å². The van der Waals surface area contributed by atoms with Crippen LogP contribution in [0.1, 0.15) is 24.8 Å². The van der Waals surface area contributed by atoms with Crippen molar-refractivity contribution in [3.8, 4) is 0 Å². The van der Waals surface area contributed by atoms with Crippen molar-refractivity contribution in [3.63, 3.8) is 0 Å². The van der Waals surface area contributed by atoms with Crippen LogP contribution in [-0.2, 0) is 0 Å². The second-order valence-corrected chi connectivity index (χ2v) is 4.85. The summed E-state index contributed by atoms with van der Waals surface area (Å²) in [5.41, 5.74) is 0.987. The summed E-state index contributed by atoms with van der Waals surface area (Å²) in [6.07, 6.45) is 7.86. The molecule has 1 N–H and O–H groups in total. The Hall–Kier alpha value is -0.500. The zero-order valence-corrected chi connectivity index (χ0v) is 10.6. The molecule has 86 valence electrons. The van der Waals surface area contributed by atoms with Crippen LogP contribution in [0.5, 0.6) is 0 Å². The van der Waals surface area contributed by atoms with Crippen molar-refractivity contribution in [2.24, 2.45) is 0 Å². The predicted molar refractivity (Wildman–Crippen MR) is 71.1 cm³/mol. The van der Waals surface area contributed by atoms with Gasteiger partial charge in [-0.05, 0) is 37.4 Å². The minimum atomic E-state index is 0.611. The molecule has 1 aliphatic carbocycles. The monoisotopic (exact) mass is 255 g/mol. The maximum absolute atomic E-state index is 6.07. The van der Waals surface area contributed by atoms with Crippen molar-refractivity contribution in [3.05, 3.63) is 39.9 Å². The van der Waals surface area contributed by atoms with E-state index in [0.717, 1.165) is 24.6 Å². The van der Waals surface area contributed by atoms with Crippen molar-refractivity contribution in [1.29, 1.82) is 0 Å². The van der Waals surface area contributed by atoms with E-state index in [1.807, 2.05) is 18.2 Å². The molecule has 0 heterocycles. The van der Waals surface area contributed by atoms with Crippen LogP contribution in [0.15, 0.2) is 24.3 Å². The predicted octanol–water partition coefficient (Wildman–Crippen LogP) is 4.15. The van der Waals surface area contributed by atoms with Gasteiger partial charge in [0.2, 0.25) is 0 Å². The Balaban J connectivity index is 1.82. The Morgan fingerprint density at radius 1 is 1.31 bits per heavy atom. The highest BCUT2D eigenvalue weighted by Crippen LogP contribution is 2.26. The number of hydrogen-bond acceptors (Lipinski definition) is 1. The summed E-state index contributed by atoms with van der Waals surface area (Å²) in [6.45, 7) is 1.04. The van der Waals surface area contributed by atoms with Crippen LogP contribution in [0.2, 0.25) is 10.0 Å². The molecule has 0 saturated heterocycles. The lowest BCUT2D eigenvalue weighted by Crippen LogP contribution is -2.16. The van der Waals surface area contributed by atoms with Crippen LogP contribution in [0.4, 0.5) is 0 Å². The molecule has 16 heavy (non-hydrogen) atoms. The third-order valence-corrected chi connectivity index (χ3v) is 3.43. The van der Waals surface area contributed by atoms with E-state index in [1.54, 1.807) is 6.07 Å². The van der Waals surface area contributed by atoms with E-state index in [9.17, 15) is 0 Å². The molecule has 2 rings (SSSR count). The van der Waals surface area contributed by atoms with Gasteiger partial charge in [0.05, 0.1) is 10.0 Å². The number of halogens is 2. The first-order chi connectivity index (χ1) is 7.77. The molecule has 0 bridgehead atoms. The van der Waals surface area contributed by atoms with Crippen LogP contribution in [0.25, 0.3) is 6.08 Å². The molecule has 1 saturated carbocycles. The first kappa shape index (κ1) is 12.0. The van der Waals surface area contributed by atoms with Gasteiger partial charge in [-0.2, -0.15) is 0 Å². The lowest BCUT2D eigenvalue weighted by Gasteiger charge is -2.00. The van der Waals surface area contributed by atoms with Gasteiger partial charge in [0.15, 0.2) is 0 Å². The quantitative estimate of drug-likeness (QED) is 0.780. The van der Waals surface area contributed by atoms with Crippen LogP contribution in [0.3, 0.4) is 0 Å². The van der Waals surface area contributed by atoms with Crippen molar-refractivity contribution in [1.82, 2.24) is 5.32 Å². The molecular formula is C13H15Cl2N. The van der Waals surface area contributed by atoms with E-state index >= 15 is 0 Å². The molecular weight excluding hydrogens is 241 g/mol. The zero-order valence-electron chi connectivity index (χ0n) is 9.05. The van der Waals surface area contributed by atoms with Gasteiger partial charge in [-0.1, -0.05) is 47.5 Å².